The molecule has 1 aliphatic heterocycles. The Balaban J connectivity index is 1.33. The summed E-state index contributed by atoms with van der Waals surface area (Å²) in [5.74, 6) is 0.311. The third kappa shape index (κ3) is 4.12. The third-order valence-corrected chi connectivity index (χ3v) is 5.20. The zero-order valence-electron chi connectivity index (χ0n) is 15.8. The van der Waals surface area contributed by atoms with Crippen LogP contribution in [0.25, 0.3) is 0 Å². The van der Waals surface area contributed by atoms with Gasteiger partial charge in [0.05, 0.1) is 18.4 Å². The monoisotopic (exact) mass is 379 g/mol. The lowest BCUT2D eigenvalue weighted by atomic mass is 9.93. The van der Waals surface area contributed by atoms with Crippen LogP contribution in [0.5, 0.6) is 0 Å². The molecule has 3 heterocycles. The predicted molar refractivity (Wildman–Crippen MR) is 105 cm³/mol. The average molecular weight is 379 g/mol. The highest BCUT2D eigenvalue weighted by Gasteiger charge is 2.27. The zero-order chi connectivity index (χ0) is 19.3. The number of piperidine rings is 1. The van der Waals surface area contributed by atoms with Crippen molar-refractivity contribution in [3.05, 3.63) is 65.2 Å². The van der Waals surface area contributed by atoms with Gasteiger partial charge in [0.25, 0.3) is 5.91 Å². The summed E-state index contributed by atoms with van der Waals surface area (Å²) in [5.41, 5.74) is 9.37. The van der Waals surface area contributed by atoms with Crippen molar-refractivity contribution in [1.82, 2.24) is 30.1 Å². The molecule has 1 aliphatic rings. The minimum atomic E-state index is -0.0616. The van der Waals surface area contributed by atoms with Gasteiger partial charge < -0.3 is 10.6 Å². The van der Waals surface area contributed by atoms with Gasteiger partial charge in [-0.05, 0) is 24.5 Å². The molecule has 3 aromatic rings. The van der Waals surface area contributed by atoms with Gasteiger partial charge in [0.15, 0.2) is 5.69 Å². The topological polar surface area (TPSA) is 106 Å². The van der Waals surface area contributed by atoms with Crippen LogP contribution in [0.4, 0.5) is 0 Å². The molecular formula is C20H25N7O. The predicted octanol–water partition coefficient (Wildman–Crippen LogP) is 1.57. The summed E-state index contributed by atoms with van der Waals surface area (Å²) in [6, 6.07) is 12.5. The van der Waals surface area contributed by atoms with Gasteiger partial charge >= 0.3 is 0 Å². The smallest absolute Gasteiger partial charge is 0.276 e. The fourth-order valence-electron chi connectivity index (χ4n) is 3.67. The van der Waals surface area contributed by atoms with Crippen LogP contribution in [-0.4, -0.2) is 55.6 Å². The van der Waals surface area contributed by atoms with Crippen molar-refractivity contribution in [3.63, 3.8) is 0 Å². The molecule has 2 aromatic heterocycles. The van der Waals surface area contributed by atoms with E-state index < -0.39 is 0 Å². The van der Waals surface area contributed by atoms with Gasteiger partial charge in [-0.1, -0.05) is 35.5 Å². The number of benzene rings is 1. The minimum Gasteiger partial charge on any atom is -0.337 e. The molecule has 146 valence electrons. The lowest BCUT2D eigenvalue weighted by Gasteiger charge is -2.30. The van der Waals surface area contributed by atoms with E-state index in [-0.39, 0.29) is 5.91 Å². The largest absolute Gasteiger partial charge is 0.337 e. The van der Waals surface area contributed by atoms with E-state index in [0.717, 1.165) is 30.7 Å². The molecule has 3 N–H and O–H groups in total. The standard InChI is InChI=1S/C20H25N7O/c21-8-11-27-14-19(24-25-27)20(28)26-9-6-16(7-10-26)18-13-17(22-23-18)12-15-4-2-1-3-5-15/h1-5,13-14,16H,6-12,21H2,(H,22,23). The quantitative estimate of drug-likeness (QED) is 0.676. The molecule has 1 fully saturated rings. The summed E-state index contributed by atoms with van der Waals surface area (Å²) in [4.78, 5) is 14.5. The molecule has 0 bridgehead atoms. The van der Waals surface area contributed by atoms with E-state index in [4.69, 9.17) is 5.73 Å². The van der Waals surface area contributed by atoms with Crippen LogP contribution in [0.3, 0.4) is 0 Å². The van der Waals surface area contributed by atoms with Crippen molar-refractivity contribution < 1.29 is 4.79 Å². The van der Waals surface area contributed by atoms with Gasteiger partial charge in [-0.2, -0.15) is 5.10 Å². The van der Waals surface area contributed by atoms with Crippen molar-refractivity contribution in [2.24, 2.45) is 5.73 Å². The molecule has 1 amide bonds. The molecule has 0 saturated carbocycles. The van der Waals surface area contributed by atoms with E-state index in [2.05, 4.69) is 38.7 Å². The molecule has 28 heavy (non-hydrogen) atoms. The average Bonchev–Trinajstić information content (AvgIpc) is 3.39. The number of rotatable bonds is 6. The molecule has 8 nitrogen and oxygen atoms in total. The maximum absolute atomic E-state index is 12.6. The van der Waals surface area contributed by atoms with Crippen LogP contribution in [-0.2, 0) is 13.0 Å². The van der Waals surface area contributed by atoms with Crippen LogP contribution in [0.2, 0.25) is 0 Å². The van der Waals surface area contributed by atoms with Gasteiger partial charge in [-0.3, -0.25) is 14.6 Å². The van der Waals surface area contributed by atoms with Crippen molar-refractivity contribution in [2.75, 3.05) is 19.6 Å². The maximum Gasteiger partial charge on any atom is 0.276 e. The van der Waals surface area contributed by atoms with Crippen molar-refractivity contribution >= 4 is 5.91 Å². The number of hydrogen-bond donors (Lipinski definition) is 2. The Hall–Kier alpha value is -3.00. The highest BCUT2D eigenvalue weighted by molar-refractivity contribution is 5.92. The summed E-state index contributed by atoms with van der Waals surface area (Å²) in [6.07, 6.45) is 4.32. The number of nitrogens with one attached hydrogen (secondary N) is 1. The second kappa shape index (κ2) is 8.35. The zero-order valence-corrected chi connectivity index (χ0v) is 15.8. The fourth-order valence-corrected chi connectivity index (χ4v) is 3.67. The Morgan fingerprint density at radius 3 is 2.75 bits per heavy atom. The van der Waals surface area contributed by atoms with E-state index in [9.17, 15) is 4.79 Å². The van der Waals surface area contributed by atoms with Crippen LogP contribution >= 0.6 is 0 Å². The van der Waals surface area contributed by atoms with Gasteiger partial charge in [-0.25, -0.2) is 0 Å². The molecule has 8 heteroatoms. The van der Waals surface area contributed by atoms with Gasteiger partial charge in [0.1, 0.15) is 0 Å². The summed E-state index contributed by atoms with van der Waals surface area (Å²) in [5, 5.41) is 15.6. The molecule has 4 rings (SSSR count). The summed E-state index contributed by atoms with van der Waals surface area (Å²) in [6.45, 7) is 2.44. The summed E-state index contributed by atoms with van der Waals surface area (Å²) >= 11 is 0. The number of aromatic nitrogens is 5. The SMILES string of the molecule is NCCn1cc(C(=O)N2CCC(c3cc(Cc4ccccc4)[nH]n3)CC2)nn1. The molecular weight excluding hydrogens is 354 g/mol. The van der Waals surface area contributed by atoms with E-state index in [1.807, 2.05) is 23.1 Å². The molecule has 1 saturated heterocycles. The lowest BCUT2D eigenvalue weighted by Crippen LogP contribution is -2.38. The highest BCUT2D eigenvalue weighted by Crippen LogP contribution is 2.28. The number of likely N-dealkylation sites (tertiary alicyclic amines) is 1. The first-order valence-electron chi connectivity index (χ1n) is 9.70. The van der Waals surface area contributed by atoms with E-state index >= 15 is 0 Å². The lowest BCUT2D eigenvalue weighted by molar-refractivity contribution is 0.0706. The van der Waals surface area contributed by atoms with Gasteiger partial charge in [0, 0.05) is 37.7 Å². The van der Waals surface area contributed by atoms with E-state index in [1.54, 1.807) is 10.9 Å². The molecule has 0 unspecified atom stereocenters. The Labute approximate surface area is 163 Å². The summed E-state index contributed by atoms with van der Waals surface area (Å²) in [7, 11) is 0. The molecule has 0 radical (unpaired) electrons. The number of hydrogen-bond acceptors (Lipinski definition) is 5. The molecule has 0 atom stereocenters. The Morgan fingerprint density at radius 2 is 2.00 bits per heavy atom. The number of amides is 1. The number of nitrogens with two attached hydrogens (primary N) is 1. The number of carbonyl (C=O) groups is 1. The molecule has 0 aliphatic carbocycles. The number of carbonyl (C=O) groups excluding carboxylic acids is 1. The van der Waals surface area contributed by atoms with Crippen LogP contribution in [0.15, 0.2) is 42.6 Å². The minimum absolute atomic E-state index is 0.0616. The van der Waals surface area contributed by atoms with Crippen LogP contribution in [0.1, 0.15) is 46.2 Å². The number of nitrogens with zero attached hydrogens (tertiary/aromatic N) is 5. The van der Waals surface area contributed by atoms with Crippen LogP contribution in [0, 0.1) is 0 Å². The van der Waals surface area contributed by atoms with E-state index in [1.165, 1.54) is 5.56 Å². The Morgan fingerprint density at radius 1 is 1.21 bits per heavy atom. The Bertz CT molecular complexity index is 910. The van der Waals surface area contributed by atoms with Crippen LogP contribution < -0.4 is 5.73 Å². The van der Waals surface area contributed by atoms with Gasteiger partial charge in [-0.15, -0.1) is 5.10 Å². The Kier molecular flexibility index (Phi) is 5.48. The third-order valence-electron chi connectivity index (χ3n) is 5.20. The molecule has 1 aromatic carbocycles. The van der Waals surface area contributed by atoms with Crippen molar-refractivity contribution in [3.8, 4) is 0 Å². The van der Waals surface area contributed by atoms with E-state index in [0.29, 0.717) is 37.8 Å². The van der Waals surface area contributed by atoms with Crippen molar-refractivity contribution in [1.29, 1.82) is 0 Å². The maximum atomic E-state index is 12.6. The van der Waals surface area contributed by atoms with Gasteiger partial charge in [0.2, 0.25) is 0 Å². The highest BCUT2D eigenvalue weighted by atomic mass is 16.2. The normalized spacial score (nSPS) is 15.1. The number of H-pyrrole nitrogens is 1. The first-order valence-corrected chi connectivity index (χ1v) is 9.70. The fraction of sp³-hybridized carbons (Fsp3) is 0.400. The number of aromatic amines is 1. The van der Waals surface area contributed by atoms with Crippen molar-refractivity contribution in [2.45, 2.75) is 31.7 Å². The second-order valence-corrected chi connectivity index (χ2v) is 7.20. The first kappa shape index (κ1) is 18.4. The second-order valence-electron chi connectivity index (χ2n) is 7.20. The molecule has 0 spiro atoms. The first-order chi connectivity index (χ1) is 13.7. The summed E-state index contributed by atoms with van der Waals surface area (Å²) < 4.78 is 1.61.